The monoisotopic (exact) mass is 406 g/mol. The van der Waals surface area contributed by atoms with Crippen molar-refractivity contribution in [1.82, 2.24) is 9.88 Å². The summed E-state index contributed by atoms with van der Waals surface area (Å²) in [7, 11) is 3.15. The van der Waals surface area contributed by atoms with Crippen LogP contribution >= 0.6 is 0 Å². The molecule has 2 atom stereocenters. The molecule has 1 saturated heterocycles. The van der Waals surface area contributed by atoms with Gasteiger partial charge in [-0.2, -0.15) is 0 Å². The van der Waals surface area contributed by atoms with Crippen LogP contribution < -0.4 is 9.47 Å². The number of carbonyl (C=O) groups is 1. The Morgan fingerprint density at radius 1 is 1.03 bits per heavy atom. The normalized spacial score (nSPS) is 20.7. The van der Waals surface area contributed by atoms with Crippen molar-refractivity contribution in [3.63, 3.8) is 0 Å². The van der Waals surface area contributed by atoms with Crippen molar-refractivity contribution < 1.29 is 24.1 Å². The molecule has 1 amide bonds. The van der Waals surface area contributed by atoms with Gasteiger partial charge in [0, 0.05) is 18.0 Å². The molecule has 1 fully saturated rings. The third-order valence-electron chi connectivity index (χ3n) is 5.21. The van der Waals surface area contributed by atoms with Crippen molar-refractivity contribution in [3.8, 4) is 11.5 Å². The minimum absolute atomic E-state index is 0.141. The third kappa shape index (κ3) is 3.44. The molecule has 1 N–H and O–H groups in total. The minimum Gasteiger partial charge on any atom is -0.497 e. The summed E-state index contributed by atoms with van der Waals surface area (Å²) in [5.41, 5.74) is 0.208. The molecule has 0 bridgehead atoms. The van der Waals surface area contributed by atoms with Gasteiger partial charge >= 0.3 is 6.09 Å². The van der Waals surface area contributed by atoms with Crippen molar-refractivity contribution in [1.29, 1.82) is 0 Å². The lowest BCUT2D eigenvalue weighted by molar-refractivity contribution is -0.113. The van der Waals surface area contributed by atoms with Crippen LogP contribution in [0.2, 0.25) is 0 Å². The Balaban J connectivity index is 1.79. The number of aromatic nitrogens is 1. The van der Waals surface area contributed by atoms with Gasteiger partial charge in [-0.15, -0.1) is 0 Å². The maximum atomic E-state index is 12.9. The number of carbonyl (C=O) groups excluding carboxylic acids is 1. The van der Waals surface area contributed by atoms with Crippen LogP contribution in [0.5, 0.6) is 11.5 Å². The molecular weight excluding hydrogens is 384 g/mol. The van der Waals surface area contributed by atoms with Crippen LogP contribution in [-0.4, -0.2) is 35.3 Å². The third-order valence-corrected chi connectivity index (χ3v) is 5.21. The van der Waals surface area contributed by atoms with Gasteiger partial charge in [-0.05, 0) is 41.5 Å². The Morgan fingerprint density at radius 2 is 1.67 bits per heavy atom. The number of rotatable bonds is 6. The Kier molecular flexibility index (Phi) is 5.29. The quantitative estimate of drug-likeness (QED) is 0.673. The number of hydrogen-bond donors (Lipinski definition) is 1. The Labute approximate surface area is 174 Å². The zero-order valence-corrected chi connectivity index (χ0v) is 16.7. The van der Waals surface area contributed by atoms with Crippen LogP contribution in [0.25, 0.3) is 0 Å². The van der Waals surface area contributed by atoms with E-state index >= 15 is 0 Å². The van der Waals surface area contributed by atoms with Crippen LogP contribution in [0.3, 0.4) is 0 Å². The molecule has 30 heavy (non-hydrogen) atoms. The second kappa shape index (κ2) is 8.04. The van der Waals surface area contributed by atoms with E-state index in [0.29, 0.717) is 22.6 Å². The van der Waals surface area contributed by atoms with Gasteiger partial charge in [0.05, 0.1) is 20.8 Å². The highest BCUT2D eigenvalue weighted by atomic mass is 16.6. The lowest BCUT2D eigenvalue weighted by Gasteiger charge is -2.34. The van der Waals surface area contributed by atoms with Crippen molar-refractivity contribution in [3.05, 3.63) is 89.7 Å². The summed E-state index contributed by atoms with van der Waals surface area (Å²) >= 11 is 0. The van der Waals surface area contributed by atoms with E-state index in [2.05, 4.69) is 4.98 Å². The van der Waals surface area contributed by atoms with Crippen molar-refractivity contribution in [2.45, 2.75) is 18.4 Å². The largest absolute Gasteiger partial charge is 0.497 e. The van der Waals surface area contributed by atoms with Gasteiger partial charge in [0.2, 0.25) is 5.72 Å². The summed E-state index contributed by atoms with van der Waals surface area (Å²) in [5, 5.41) is 11.9. The number of aliphatic hydroxyl groups is 1. The Bertz CT molecular complexity index is 1010. The van der Waals surface area contributed by atoms with Gasteiger partial charge in [-0.3, -0.25) is 9.88 Å². The predicted octanol–water partition coefficient (Wildman–Crippen LogP) is 3.64. The van der Waals surface area contributed by atoms with Gasteiger partial charge < -0.3 is 19.3 Å². The maximum absolute atomic E-state index is 12.9. The van der Waals surface area contributed by atoms with Crippen LogP contribution in [-0.2, 0) is 17.0 Å². The number of pyridine rings is 1. The Hall–Kier alpha value is -3.58. The molecule has 0 radical (unpaired) electrons. The first kappa shape index (κ1) is 19.7. The summed E-state index contributed by atoms with van der Waals surface area (Å²) in [4.78, 5) is 18.3. The van der Waals surface area contributed by atoms with Crippen molar-refractivity contribution >= 4 is 6.09 Å². The summed E-state index contributed by atoms with van der Waals surface area (Å²) < 4.78 is 16.1. The fourth-order valence-electron chi connectivity index (χ4n) is 3.61. The highest BCUT2D eigenvalue weighted by Gasteiger charge is 2.56. The fraction of sp³-hybridized carbons (Fsp3) is 0.217. The van der Waals surface area contributed by atoms with E-state index < -0.39 is 17.9 Å². The molecule has 2 heterocycles. The van der Waals surface area contributed by atoms with Gasteiger partial charge in [0.25, 0.3) is 0 Å². The van der Waals surface area contributed by atoms with Crippen LogP contribution in [0, 0.1) is 0 Å². The van der Waals surface area contributed by atoms with E-state index in [1.165, 1.54) is 4.90 Å². The summed E-state index contributed by atoms with van der Waals surface area (Å²) in [5.74, 6) is 1.32. The fourth-order valence-corrected chi connectivity index (χ4v) is 3.61. The van der Waals surface area contributed by atoms with E-state index in [1.807, 2.05) is 6.07 Å². The van der Waals surface area contributed by atoms with Gasteiger partial charge in [0.1, 0.15) is 11.5 Å². The number of hydrogen-bond acceptors (Lipinski definition) is 6. The molecule has 0 saturated carbocycles. The van der Waals surface area contributed by atoms with Crippen LogP contribution in [0.4, 0.5) is 4.79 Å². The highest BCUT2D eigenvalue weighted by molar-refractivity contribution is 5.72. The van der Waals surface area contributed by atoms with Gasteiger partial charge in [0.15, 0.2) is 6.10 Å². The number of cyclic esters (lactones) is 1. The van der Waals surface area contributed by atoms with E-state index in [9.17, 15) is 9.90 Å². The lowest BCUT2D eigenvalue weighted by Crippen LogP contribution is -2.45. The molecule has 1 aliphatic heterocycles. The second-order valence-corrected chi connectivity index (χ2v) is 6.94. The van der Waals surface area contributed by atoms with Crippen LogP contribution in [0.1, 0.15) is 22.8 Å². The molecule has 7 nitrogen and oxygen atoms in total. The number of ether oxygens (including phenoxy) is 3. The summed E-state index contributed by atoms with van der Waals surface area (Å²) in [6.07, 6.45) is 1.77. The predicted molar refractivity (Wildman–Crippen MR) is 109 cm³/mol. The number of methoxy groups -OCH3 is 2. The van der Waals surface area contributed by atoms with E-state index in [1.54, 1.807) is 81.2 Å². The first-order valence-electron chi connectivity index (χ1n) is 9.44. The first-order chi connectivity index (χ1) is 14.6. The standard InChI is InChI=1S/C23H22N2O5/c1-28-19-9-5-17(6-10-19)21-23(27,18-7-11-20(29-2)12-8-18)25(22(26)30-21)15-16-4-3-13-24-14-16/h3-14,21,27H,15H2,1-2H3/t21-,23+/m0/s1. The minimum atomic E-state index is -1.73. The molecule has 3 aromatic rings. The van der Waals surface area contributed by atoms with Gasteiger partial charge in [-0.1, -0.05) is 30.3 Å². The van der Waals surface area contributed by atoms with E-state index in [-0.39, 0.29) is 6.54 Å². The molecule has 1 aliphatic rings. The van der Waals surface area contributed by atoms with Crippen molar-refractivity contribution in [2.75, 3.05) is 14.2 Å². The number of nitrogens with zero attached hydrogens (tertiary/aromatic N) is 2. The average molecular weight is 406 g/mol. The van der Waals surface area contributed by atoms with E-state index in [0.717, 1.165) is 5.56 Å². The molecule has 2 aromatic carbocycles. The molecule has 0 aliphatic carbocycles. The van der Waals surface area contributed by atoms with Crippen molar-refractivity contribution in [2.24, 2.45) is 0 Å². The molecule has 7 heteroatoms. The first-order valence-corrected chi connectivity index (χ1v) is 9.44. The summed E-state index contributed by atoms with van der Waals surface area (Å²) in [6.45, 7) is 0.141. The van der Waals surface area contributed by atoms with Gasteiger partial charge in [-0.25, -0.2) is 4.79 Å². The van der Waals surface area contributed by atoms with E-state index in [4.69, 9.17) is 14.2 Å². The number of amides is 1. The smallest absolute Gasteiger partial charge is 0.413 e. The molecule has 4 rings (SSSR count). The molecule has 1 aromatic heterocycles. The molecule has 154 valence electrons. The maximum Gasteiger partial charge on any atom is 0.413 e. The highest BCUT2D eigenvalue weighted by Crippen LogP contribution is 2.47. The zero-order valence-electron chi connectivity index (χ0n) is 16.7. The number of benzene rings is 2. The zero-order chi connectivity index (χ0) is 21.1. The lowest BCUT2D eigenvalue weighted by atomic mass is 9.91. The molecule has 0 spiro atoms. The molecule has 0 unspecified atom stereocenters. The Morgan fingerprint density at radius 3 is 2.23 bits per heavy atom. The second-order valence-electron chi connectivity index (χ2n) is 6.94. The van der Waals surface area contributed by atoms with Crippen LogP contribution in [0.15, 0.2) is 73.1 Å². The molecular formula is C23H22N2O5. The topological polar surface area (TPSA) is 81.1 Å². The SMILES string of the molecule is COc1ccc([C@@H]2OC(=O)N(Cc3cccnc3)[C@@]2(O)c2ccc(OC)cc2)cc1. The summed E-state index contributed by atoms with van der Waals surface area (Å²) in [6, 6.07) is 17.6. The average Bonchev–Trinajstić information content (AvgIpc) is 3.06.